The highest BCUT2D eigenvalue weighted by atomic mass is 16.2. The Morgan fingerprint density at radius 1 is 1.06 bits per heavy atom. The van der Waals surface area contributed by atoms with E-state index in [0.29, 0.717) is 11.4 Å². The molecule has 5 aromatic rings. The Balaban J connectivity index is 1.52. The van der Waals surface area contributed by atoms with Crippen molar-refractivity contribution in [2.45, 2.75) is 6.92 Å². The molecule has 0 saturated heterocycles. The SMILES string of the molecule is Cc1c2ccc(N(C(N)=O)c3ccc4c(/C=C/c5ccccn5)n[nH]c4c3)cc2nn1C. The lowest BCUT2D eigenvalue weighted by Crippen LogP contribution is -2.31. The van der Waals surface area contributed by atoms with E-state index in [1.165, 1.54) is 4.90 Å². The van der Waals surface area contributed by atoms with Gasteiger partial charge in [-0.05, 0) is 67.6 Å². The van der Waals surface area contributed by atoms with Crippen LogP contribution in [-0.4, -0.2) is 31.0 Å². The Bertz CT molecular complexity index is 1480. The summed E-state index contributed by atoms with van der Waals surface area (Å²) >= 11 is 0. The number of rotatable bonds is 4. The molecule has 2 aromatic carbocycles. The number of aromatic nitrogens is 5. The highest BCUT2D eigenvalue weighted by molar-refractivity contribution is 6.02. The molecule has 8 nitrogen and oxygen atoms in total. The number of aryl methyl sites for hydroxylation is 2. The zero-order valence-electron chi connectivity index (χ0n) is 17.6. The molecule has 8 heteroatoms. The standard InChI is InChI=1S/C24H21N7O/c1-15-19-9-7-18(14-23(19)29-30(15)2)31(24(25)32)17-8-10-20-21(27-28-22(20)13-17)11-6-16-5-3-4-12-26-16/h3-14H,1-2H3,(H2,25,32)(H,27,28)/b11-6+. The van der Waals surface area contributed by atoms with Crippen LogP contribution in [0.15, 0.2) is 60.8 Å². The van der Waals surface area contributed by atoms with E-state index in [9.17, 15) is 4.79 Å². The first kappa shape index (κ1) is 19.5. The number of carbonyl (C=O) groups excluding carboxylic acids is 1. The number of nitrogens with one attached hydrogen (secondary N) is 1. The normalized spacial score (nSPS) is 11.6. The number of amides is 2. The molecule has 158 valence electrons. The van der Waals surface area contributed by atoms with Crippen molar-refractivity contribution in [2.75, 3.05) is 4.90 Å². The van der Waals surface area contributed by atoms with Gasteiger partial charge in [-0.15, -0.1) is 0 Å². The zero-order valence-corrected chi connectivity index (χ0v) is 17.6. The van der Waals surface area contributed by atoms with Gasteiger partial charge in [0.25, 0.3) is 0 Å². The van der Waals surface area contributed by atoms with Gasteiger partial charge in [0.1, 0.15) is 0 Å². The molecular formula is C24H21N7O. The molecule has 3 N–H and O–H groups in total. The summed E-state index contributed by atoms with van der Waals surface area (Å²) in [5.74, 6) is 0. The molecule has 3 aromatic heterocycles. The van der Waals surface area contributed by atoms with Crippen molar-refractivity contribution in [3.63, 3.8) is 0 Å². The first-order chi connectivity index (χ1) is 15.5. The molecule has 0 aliphatic rings. The maximum atomic E-state index is 12.4. The molecule has 0 bridgehead atoms. The molecule has 0 atom stereocenters. The number of primary amides is 1. The van der Waals surface area contributed by atoms with Crippen LogP contribution in [0.1, 0.15) is 17.1 Å². The van der Waals surface area contributed by atoms with Crippen LogP contribution in [0.4, 0.5) is 16.2 Å². The third kappa shape index (κ3) is 3.37. The summed E-state index contributed by atoms with van der Waals surface area (Å²) < 4.78 is 1.82. The second kappa shape index (κ2) is 7.66. The molecule has 0 saturated carbocycles. The molecule has 32 heavy (non-hydrogen) atoms. The summed E-state index contributed by atoms with van der Waals surface area (Å²) in [5.41, 5.74) is 11.3. The highest BCUT2D eigenvalue weighted by Crippen LogP contribution is 2.31. The van der Waals surface area contributed by atoms with Crippen LogP contribution < -0.4 is 10.6 Å². The fraction of sp³-hybridized carbons (Fsp3) is 0.0833. The number of benzene rings is 2. The van der Waals surface area contributed by atoms with Gasteiger partial charge in [-0.25, -0.2) is 4.79 Å². The fourth-order valence-electron chi connectivity index (χ4n) is 3.80. The van der Waals surface area contributed by atoms with Crippen LogP contribution in [0.5, 0.6) is 0 Å². The van der Waals surface area contributed by atoms with Crippen molar-refractivity contribution in [1.82, 2.24) is 25.0 Å². The van der Waals surface area contributed by atoms with E-state index >= 15 is 0 Å². The summed E-state index contributed by atoms with van der Waals surface area (Å²) in [7, 11) is 1.90. The number of anilines is 2. The minimum atomic E-state index is -0.578. The third-order valence-corrected chi connectivity index (χ3v) is 5.53. The van der Waals surface area contributed by atoms with E-state index < -0.39 is 6.03 Å². The van der Waals surface area contributed by atoms with Gasteiger partial charge in [0, 0.05) is 29.7 Å². The first-order valence-corrected chi connectivity index (χ1v) is 10.1. The van der Waals surface area contributed by atoms with Gasteiger partial charge in [0.2, 0.25) is 0 Å². The smallest absolute Gasteiger partial charge is 0.323 e. The molecule has 0 fully saturated rings. The second-order valence-electron chi connectivity index (χ2n) is 7.51. The van der Waals surface area contributed by atoms with E-state index in [2.05, 4.69) is 20.3 Å². The molecule has 5 rings (SSSR count). The maximum Gasteiger partial charge on any atom is 0.323 e. The predicted molar refractivity (Wildman–Crippen MR) is 126 cm³/mol. The van der Waals surface area contributed by atoms with Gasteiger partial charge in [-0.3, -0.25) is 19.7 Å². The van der Waals surface area contributed by atoms with Crippen LogP contribution in [0, 0.1) is 6.92 Å². The zero-order chi connectivity index (χ0) is 22.2. The lowest BCUT2D eigenvalue weighted by atomic mass is 10.1. The number of H-pyrrole nitrogens is 1. The van der Waals surface area contributed by atoms with Crippen LogP contribution in [0.2, 0.25) is 0 Å². The molecule has 0 unspecified atom stereocenters. The number of pyridine rings is 1. The van der Waals surface area contributed by atoms with E-state index in [1.807, 2.05) is 85.4 Å². The summed E-state index contributed by atoms with van der Waals surface area (Å²) in [6.07, 6.45) is 5.56. The van der Waals surface area contributed by atoms with E-state index in [-0.39, 0.29) is 0 Å². The first-order valence-electron chi connectivity index (χ1n) is 10.1. The number of hydrogen-bond donors (Lipinski definition) is 2. The van der Waals surface area contributed by atoms with E-state index in [1.54, 1.807) is 6.20 Å². The van der Waals surface area contributed by atoms with Crippen LogP contribution >= 0.6 is 0 Å². The third-order valence-electron chi connectivity index (χ3n) is 5.53. The fourth-order valence-corrected chi connectivity index (χ4v) is 3.80. The monoisotopic (exact) mass is 423 g/mol. The largest absolute Gasteiger partial charge is 0.351 e. The Labute approximate surface area is 184 Å². The van der Waals surface area contributed by atoms with Crippen molar-refractivity contribution in [2.24, 2.45) is 12.8 Å². The number of fused-ring (bicyclic) bond motifs is 2. The number of urea groups is 1. The topological polar surface area (TPSA) is 106 Å². The molecule has 0 spiro atoms. The number of nitrogens with two attached hydrogens (primary N) is 1. The Kier molecular flexibility index (Phi) is 4.67. The Morgan fingerprint density at radius 2 is 1.84 bits per heavy atom. The average Bonchev–Trinajstić information content (AvgIpc) is 3.32. The maximum absolute atomic E-state index is 12.4. The molecule has 0 aliphatic carbocycles. The number of hydrogen-bond acceptors (Lipinski definition) is 4. The summed E-state index contributed by atoms with van der Waals surface area (Å²) in [6.45, 7) is 2.01. The summed E-state index contributed by atoms with van der Waals surface area (Å²) in [4.78, 5) is 18.1. The van der Waals surface area contributed by atoms with Crippen LogP contribution in [-0.2, 0) is 7.05 Å². The van der Waals surface area contributed by atoms with Gasteiger partial charge in [-0.2, -0.15) is 10.2 Å². The Morgan fingerprint density at radius 3 is 2.59 bits per heavy atom. The lowest BCUT2D eigenvalue weighted by molar-refractivity contribution is 0.256. The second-order valence-corrected chi connectivity index (χ2v) is 7.51. The molecule has 3 heterocycles. The lowest BCUT2D eigenvalue weighted by Gasteiger charge is -2.20. The number of aromatic amines is 1. The molecule has 0 radical (unpaired) electrons. The van der Waals surface area contributed by atoms with Gasteiger partial charge >= 0.3 is 6.03 Å². The van der Waals surface area contributed by atoms with Gasteiger partial charge in [0.15, 0.2) is 0 Å². The van der Waals surface area contributed by atoms with Gasteiger partial charge in [0.05, 0.1) is 33.8 Å². The summed E-state index contributed by atoms with van der Waals surface area (Å²) in [5, 5.41) is 13.9. The predicted octanol–water partition coefficient (Wildman–Crippen LogP) is 4.54. The van der Waals surface area contributed by atoms with Crippen molar-refractivity contribution in [3.8, 4) is 0 Å². The molecule has 2 amide bonds. The minimum Gasteiger partial charge on any atom is -0.351 e. The van der Waals surface area contributed by atoms with Gasteiger partial charge in [-0.1, -0.05) is 6.07 Å². The van der Waals surface area contributed by atoms with Crippen molar-refractivity contribution >= 4 is 51.4 Å². The quantitative estimate of drug-likeness (QED) is 0.443. The van der Waals surface area contributed by atoms with Crippen molar-refractivity contribution in [1.29, 1.82) is 0 Å². The van der Waals surface area contributed by atoms with Crippen LogP contribution in [0.3, 0.4) is 0 Å². The van der Waals surface area contributed by atoms with E-state index in [4.69, 9.17) is 5.73 Å². The average molecular weight is 423 g/mol. The van der Waals surface area contributed by atoms with Gasteiger partial charge < -0.3 is 5.73 Å². The van der Waals surface area contributed by atoms with Crippen LogP contribution in [0.25, 0.3) is 34.0 Å². The van der Waals surface area contributed by atoms with Crippen molar-refractivity contribution in [3.05, 3.63) is 77.9 Å². The van der Waals surface area contributed by atoms with Crippen molar-refractivity contribution < 1.29 is 4.79 Å². The number of nitrogens with zero attached hydrogens (tertiary/aromatic N) is 5. The highest BCUT2D eigenvalue weighted by Gasteiger charge is 2.18. The Hall–Kier alpha value is -4.46. The van der Waals surface area contributed by atoms with E-state index in [0.717, 1.165) is 38.9 Å². The summed E-state index contributed by atoms with van der Waals surface area (Å²) in [6, 6.07) is 16.5. The minimum absolute atomic E-state index is 0.578. The molecule has 0 aliphatic heterocycles. The molecular weight excluding hydrogens is 402 g/mol. The number of carbonyl (C=O) groups is 1.